The number of rotatable bonds is 7. The molecule has 0 aromatic carbocycles. The van der Waals surface area contributed by atoms with Gasteiger partial charge in [0.1, 0.15) is 18.3 Å². The van der Waals surface area contributed by atoms with E-state index in [2.05, 4.69) is 27.7 Å². The van der Waals surface area contributed by atoms with Crippen LogP contribution in [0.1, 0.15) is 169 Å². The van der Waals surface area contributed by atoms with Crippen molar-refractivity contribution in [1.82, 2.24) is 0 Å². The number of hydrogen-bond acceptors (Lipinski definition) is 14. The second kappa shape index (κ2) is 16.6. The molecule has 8 rings (SSSR count). The van der Waals surface area contributed by atoms with Crippen molar-refractivity contribution in [2.75, 3.05) is 13.2 Å². The minimum absolute atomic E-state index is 0.00320. The van der Waals surface area contributed by atoms with Crippen molar-refractivity contribution < 1.29 is 66.9 Å². The third-order valence-electron chi connectivity index (χ3n) is 17.8. The Hall–Kier alpha value is -2.36. The van der Waals surface area contributed by atoms with E-state index in [1.165, 1.54) is 0 Å². The van der Waals surface area contributed by atoms with Crippen molar-refractivity contribution in [2.24, 2.45) is 68.0 Å². The molecule has 0 bridgehead atoms. The number of epoxide rings is 1. The van der Waals surface area contributed by atoms with E-state index in [9.17, 15) is 24.3 Å². The standard InChI is InChI=1S/C53H84O14/c1-28-17-22-53(60-26-28)29(2)39-49(15)20-19-32-31(33(49)25-52(39,58)67-53)23-35-51(66-35)24-30(18-21-50(32,51)16)61-40-38(65-44(57)48(12,13)14)37(64-43(56)47(9,10)11)36(63-42(55)46(6,7)8)34(62-40)27-59-41(54)45(3,4)5/h28-40,58H,17-27H2,1-16H3/t28-,29+,30+,31-,32+,33+,34-,35?,36-,37+,38-,39-,40-,49+,50-,51?,52+,53-/m1/s1. The molecular formula is C53H84O14. The predicted octanol–water partition coefficient (Wildman–Crippen LogP) is 8.46. The quantitative estimate of drug-likeness (QED) is 0.111. The molecule has 18 atom stereocenters. The van der Waals surface area contributed by atoms with Crippen LogP contribution in [0.4, 0.5) is 0 Å². The van der Waals surface area contributed by atoms with Crippen molar-refractivity contribution in [3.63, 3.8) is 0 Å². The Morgan fingerprint density at radius 3 is 1.84 bits per heavy atom. The highest BCUT2D eigenvalue weighted by Gasteiger charge is 2.80. The van der Waals surface area contributed by atoms with Gasteiger partial charge in [0, 0.05) is 36.5 Å². The minimum Gasteiger partial charge on any atom is -0.462 e. The molecule has 67 heavy (non-hydrogen) atoms. The van der Waals surface area contributed by atoms with E-state index >= 15 is 0 Å². The van der Waals surface area contributed by atoms with Gasteiger partial charge in [0.25, 0.3) is 0 Å². The Morgan fingerprint density at radius 2 is 1.27 bits per heavy atom. The van der Waals surface area contributed by atoms with Gasteiger partial charge in [0.2, 0.25) is 0 Å². The summed E-state index contributed by atoms with van der Waals surface area (Å²) in [5.74, 6) is -2.71. The number of carbonyl (C=O) groups excluding carboxylic acids is 4. The molecule has 14 nitrogen and oxygen atoms in total. The van der Waals surface area contributed by atoms with Crippen LogP contribution in [0, 0.1) is 68.0 Å². The maximum atomic E-state index is 13.9. The van der Waals surface area contributed by atoms with Gasteiger partial charge in [-0.3, -0.25) is 19.2 Å². The van der Waals surface area contributed by atoms with E-state index in [4.69, 9.17) is 42.6 Å². The summed E-state index contributed by atoms with van der Waals surface area (Å²) in [6.07, 6.45) is 0.440. The molecule has 8 fully saturated rings. The third kappa shape index (κ3) is 8.71. The predicted molar refractivity (Wildman–Crippen MR) is 244 cm³/mol. The van der Waals surface area contributed by atoms with E-state index < -0.39 is 99.5 Å². The summed E-state index contributed by atoms with van der Waals surface area (Å²) in [6.45, 7) is 30.2. The average Bonchev–Trinajstić information content (AvgIpc) is 3.78. The van der Waals surface area contributed by atoms with E-state index in [0.717, 1.165) is 38.5 Å². The molecule has 0 aromatic rings. The van der Waals surface area contributed by atoms with Crippen LogP contribution >= 0.6 is 0 Å². The number of ether oxygens (including phenoxy) is 9. The first-order valence-electron chi connectivity index (χ1n) is 25.5. The summed E-state index contributed by atoms with van der Waals surface area (Å²) >= 11 is 0. The minimum atomic E-state index is -1.39. The van der Waals surface area contributed by atoms with Crippen LogP contribution in [-0.2, 0) is 61.8 Å². The first-order valence-corrected chi connectivity index (χ1v) is 25.5. The summed E-state index contributed by atoms with van der Waals surface area (Å²) in [7, 11) is 0. The highest BCUT2D eigenvalue weighted by atomic mass is 16.8. The molecule has 4 saturated carbocycles. The summed E-state index contributed by atoms with van der Waals surface area (Å²) in [5, 5.41) is 12.5. The van der Waals surface area contributed by atoms with Crippen LogP contribution in [0.15, 0.2) is 0 Å². The van der Waals surface area contributed by atoms with Crippen molar-refractivity contribution >= 4 is 23.9 Å². The molecule has 8 aliphatic rings. The molecule has 0 radical (unpaired) electrons. The summed E-state index contributed by atoms with van der Waals surface area (Å²) < 4.78 is 58.6. The highest BCUT2D eigenvalue weighted by Crippen LogP contribution is 2.77. The fraction of sp³-hybridized carbons (Fsp3) is 0.925. The van der Waals surface area contributed by atoms with Gasteiger partial charge >= 0.3 is 23.9 Å². The molecule has 0 amide bonds. The van der Waals surface area contributed by atoms with Gasteiger partial charge in [0.05, 0.1) is 40.5 Å². The maximum Gasteiger partial charge on any atom is 0.311 e. The number of hydrogen-bond donors (Lipinski definition) is 1. The zero-order valence-corrected chi connectivity index (χ0v) is 43.5. The van der Waals surface area contributed by atoms with Crippen molar-refractivity contribution in [1.29, 1.82) is 0 Å². The summed E-state index contributed by atoms with van der Waals surface area (Å²) in [4.78, 5) is 54.8. The lowest BCUT2D eigenvalue weighted by molar-refractivity contribution is -0.331. The fourth-order valence-electron chi connectivity index (χ4n) is 13.9. The second-order valence-corrected chi connectivity index (χ2v) is 27.0. The Balaban J connectivity index is 1.06. The van der Waals surface area contributed by atoms with Gasteiger partial charge in [0.15, 0.2) is 36.2 Å². The zero-order valence-electron chi connectivity index (χ0n) is 43.5. The van der Waals surface area contributed by atoms with Crippen molar-refractivity contribution in [3.8, 4) is 0 Å². The number of carbonyl (C=O) groups is 4. The van der Waals surface area contributed by atoms with Crippen LogP contribution in [0.25, 0.3) is 0 Å². The number of aliphatic hydroxyl groups is 1. The van der Waals surface area contributed by atoms with Crippen LogP contribution in [-0.4, -0.2) is 102 Å². The highest BCUT2D eigenvalue weighted by molar-refractivity contribution is 5.78. The van der Waals surface area contributed by atoms with E-state index in [0.29, 0.717) is 43.6 Å². The van der Waals surface area contributed by atoms with Crippen LogP contribution in [0.2, 0.25) is 0 Å². The molecular weight excluding hydrogens is 861 g/mol. The lowest BCUT2D eigenvalue weighted by Gasteiger charge is -2.59. The maximum absolute atomic E-state index is 13.9. The van der Waals surface area contributed by atoms with Crippen molar-refractivity contribution in [3.05, 3.63) is 0 Å². The molecule has 1 N–H and O–H groups in total. The molecule has 2 unspecified atom stereocenters. The Kier molecular flexibility index (Phi) is 12.6. The van der Waals surface area contributed by atoms with E-state index in [1.54, 1.807) is 83.1 Å². The lowest BCUT2D eigenvalue weighted by atomic mass is 9.44. The lowest BCUT2D eigenvalue weighted by Crippen LogP contribution is -2.65. The molecule has 2 spiro atoms. The third-order valence-corrected chi connectivity index (χ3v) is 17.8. The smallest absolute Gasteiger partial charge is 0.311 e. The van der Waals surface area contributed by atoms with Gasteiger partial charge in [-0.15, -0.1) is 0 Å². The Morgan fingerprint density at radius 1 is 0.687 bits per heavy atom. The van der Waals surface area contributed by atoms with E-state index in [-0.39, 0.29) is 41.3 Å². The molecule has 4 saturated heterocycles. The SMILES string of the molecule is C[C@@H]1CC[C@@]2(OC1)O[C@@]1(O)C[C@H]3[C@@H]4CC5OC56C[C@@H](O[C@@H]5O[C@H](COC(=O)C(C)(C)C)[C@@H](OC(=O)C(C)(C)C)[C@H](OC(=O)C(C)(C)C)[C@H]5OC(=O)C(C)(C)C)CC[C@]6(C)[C@H]4CC[C@]3(C)[C@H]1[C@@H]2C. The Labute approximate surface area is 399 Å². The topological polar surface area (TPSA) is 175 Å². The van der Waals surface area contributed by atoms with Gasteiger partial charge < -0.3 is 47.7 Å². The normalized spacial score (nSPS) is 46.0. The fourth-order valence-corrected chi connectivity index (χ4v) is 13.9. The van der Waals surface area contributed by atoms with Gasteiger partial charge in [-0.25, -0.2) is 0 Å². The molecule has 14 heteroatoms. The van der Waals surface area contributed by atoms with Gasteiger partial charge in [-0.2, -0.15) is 0 Å². The number of fused-ring (bicyclic) bond motifs is 6. The van der Waals surface area contributed by atoms with E-state index in [1.807, 2.05) is 0 Å². The monoisotopic (exact) mass is 945 g/mol. The molecule has 4 heterocycles. The first kappa shape index (κ1) is 51.0. The van der Waals surface area contributed by atoms with Gasteiger partial charge in [-0.1, -0.05) is 27.7 Å². The second-order valence-electron chi connectivity index (χ2n) is 27.0. The molecule has 0 aromatic heterocycles. The van der Waals surface area contributed by atoms with Crippen LogP contribution in [0.3, 0.4) is 0 Å². The van der Waals surface area contributed by atoms with Crippen molar-refractivity contribution in [2.45, 2.75) is 229 Å². The van der Waals surface area contributed by atoms with Crippen LogP contribution in [0.5, 0.6) is 0 Å². The van der Waals surface area contributed by atoms with Crippen LogP contribution < -0.4 is 0 Å². The molecule has 4 aliphatic heterocycles. The zero-order chi connectivity index (χ0) is 49.5. The largest absolute Gasteiger partial charge is 0.462 e. The molecule has 4 aliphatic carbocycles. The molecule has 380 valence electrons. The summed E-state index contributed by atoms with van der Waals surface area (Å²) in [5.41, 5.74) is -4.52. The first-order chi connectivity index (χ1) is 30.7. The summed E-state index contributed by atoms with van der Waals surface area (Å²) in [6, 6.07) is 0. The Bertz CT molecular complexity index is 1930. The average molecular weight is 945 g/mol. The number of esters is 4. The van der Waals surface area contributed by atoms with Gasteiger partial charge in [-0.05, 0) is 151 Å².